The van der Waals surface area contributed by atoms with E-state index in [2.05, 4.69) is 42.6 Å². The lowest BCUT2D eigenvalue weighted by atomic mass is 10.1. The summed E-state index contributed by atoms with van der Waals surface area (Å²) in [6, 6.07) is 24.3. The summed E-state index contributed by atoms with van der Waals surface area (Å²) in [6.07, 6.45) is 0. The van der Waals surface area contributed by atoms with Crippen LogP contribution in [0.25, 0.3) is 20.8 Å². The van der Waals surface area contributed by atoms with Gasteiger partial charge in [0.1, 0.15) is 17.4 Å². The highest BCUT2D eigenvalue weighted by molar-refractivity contribution is 7.21. The lowest BCUT2D eigenvalue weighted by molar-refractivity contribution is 0.284. The predicted molar refractivity (Wildman–Crippen MR) is 146 cm³/mol. The minimum absolute atomic E-state index is 0.280. The first-order chi connectivity index (χ1) is 17.5. The molecule has 182 valence electrons. The van der Waals surface area contributed by atoms with Crippen molar-refractivity contribution in [1.29, 1.82) is 0 Å². The van der Waals surface area contributed by atoms with Gasteiger partial charge in [-0.15, -0.1) is 11.3 Å². The molecule has 1 aromatic heterocycles. The van der Waals surface area contributed by atoms with Crippen molar-refractivity contribution in [2.24, 2.45) is 0 Å². The molecule has 0 amide bonds. The molecule has 5 aromatic rings. The number of nitrogens with one attached hydrogen (secondary N) is 1. The minimum Gasteiger partial charge on any atom is -0.493 e. The Morgan fingerprint density at radius 2 is 1.72 bits per heavy atom. The Bertz CT molecular complexity index is 1500. The second kappa shape index (κ2) is 10.6. The van der Waals surface area contributed by atoms with Crippen LogP contribution in [0, 0.1) is 12.7 Å². The number of fused-ring (bicyclic) bond motifs is 1. The van der Waals surface area contributed by atoms with E-state index in [9.17, 15) is 4.39 Å². The quantitative estimate of drug-likeness (QED) is 0.224. The van der Waals surface area contributed by atoms with Gasteiger partial charge in [-0.05, 0) is 78.2 Å². The Kier molecular flexibility index (Phi) is 7.07. The van der Waals surface area contributed by atoms with E-state index < -0.39 is 0 Å². The topological polar surface area (TPSA) is 43.4 Å². The summed E-state index contributed by atoms with van der Waals surface area (Å²) in [5, 5.41) is 4.99. The summed E-state index contributed by atoms with van der Waals surface area (Å²) in [4.78, 5) is 4.76. The van der Waals surface area contributed by atoms with Crippen LogP contribution in [0.2, 0.25) is 5.02 Å². The molecule has 4 aromatic carbocycles. The predicted octanol–water partition coefficient (Wildman–Crippen LogP) is 8.26. The molecule has 0 fully saturated rings. The summed E-state index contributed by atoms with van der Waals surface area (Å²) in [5.74, 6) is 0.836. The molecule has 0 radical (unpaired) electrons. The Morgan fingerprint density at radius 3 is 2.47 bits per heavy atom. The van der Waals surface area contributed by atoms with Crippen molar-refractivity contribution in [3.8, 4) is 22.1 Å². The van der Waals surface area contributed by atoms with Crippen LogP contribution in [-0.4, -0.2) is 12.1 Å². The third-order valence-corrected chi connectivity index (χ3v) is 7.22. The summed E-state index contributed by atoms with van der Waals surface area (Å²) in [6.45, 7) is 2.90. The third-order valence-electron chi connectivity index (χ3n) is 5.80. The molecule has 0 spiro atoms. The van der Waals surface area contributed by atoms with Crippen LogP contribution in [-0.2, 0) is 13.2 Å². The largest absolute Gasteiger partial charge is 0.493 e. The number of hydrogen-bond acceptors (Lipinski definition) is 5. The molecule has 0 saturated carbocycles. The van der Waals surface area contributed by atoms with E-state index in [1.54, 1.807) is 36.6 Å². The molecular formula is C29H24ClFN2O2S. The van der Waals surface area contributed by atoms with Crippen LogP contribution < -0.4 is 14.8 Å². The van der Waals surface area contributed by atoms with Crippen molar-refractivity contribution in [2.75, 3.05) is 12.4 Å². The number of halogens is 2. The van der Waals surface area contributed by atoms with Crippen molar-refractivity contribution in [2.45, 2.75) is 20.1 Å². The lowest BCUT2D eigenvalue weighted by Gasteiger charge is -2.15. The number of nitrogens with zero attached hydrogens (tertiary/aromatic N) is 1. The number of methoxy groups -OCH3 is 1. The average molecular weight is 519 g/mol. The van der Waals surface area contributed by atoms with Crippen molar-refractivity contribution < 1.29 is 13.9 Å². The first kappa shape index (κ1) is 24.1. The van der Waals surface area contributed by atoms with Gasteiger partial charge in [0.2, 0.25) is 0 Å². The molecular weight excluding hydrogens is 495 g/mol. The van der Waals surface area contributed by atoms with Crippen LogP contribution >= 0.6 is 22.9 Å². The van der Waals surface area contributed by atoms with Crippen molar-refractivity contribution in [1.82, 2.24) is 4.98 Å². The van der Waals surface area contributed by atoms with E-state index in [0.29, 0.717) is 23.1 Å². The Hall–Kier alpha value is -3.61. The molecule has 0 aliphatic carbocycles. The fourth-order valence-corrected chi connectivity index (χ4v) is 5.10. The zero-order valence-corrected chi connectivity index (χ0v) is 21.4. The van der Waals surface area contributed by atoms with Crippen LogP contribution in [0.3, 0.4) is 0 Å². The van der Waals surface area contributed by atoms with E-state index >= 15 is 0 Å². The van der Waals surface area contributed by atoms with Gasteiger partial charge in [0, 0.05) is 28.9 Å². The number of aromatic nitrogens is 1. The zero-order valence-electron chi connectivity index (χ0n) is 19.8. The van der Waals surface area contributed by atoms with Crippen molar-refractivity contribution in [3.05, 3.63) is 106 Å². The van der Waals surface area contributed by atoms with Gasteiger partial charge in [0.25, 0.3) is 0 Å². The summed E-state index contributed by atoms with van der Waals surface area (Å²) >= 11 is 8.25. The number of hydrogen-bond donors (Lipinski definition) is 1. The van der Waals surface area contributed by atoms with Gasteiger partial charge in [-0.1, -0.05) is 29.8 Å². The molecule has 1 N–H and O–H groups in total. The van der Waals surface area contributed by atoms with Crippen LogP contribution in [0.1, 0.15) is 16.7 Å². The molecule has 5 rings (SSSR count). The molecule has 0 atom stereocenters. The van der Waals surface area contributed by atoms with E-state index in [4.69, 9.17) is 26.1 Å². The molecule has 0 aliphatic rings. The standard InChI is InChI=1S/C29H24ClFN2O2S/c1-18-3-12-25-28(13-18)36-29(33-25)20-6-10-23(11-7-20)32-16-21-14-26(34-2)27(15-24(21)30)35-17-19-4-8-22(31)9-5-19/h3-15,32H,16-17H2,1-2H3. The number of anilines is 1. The second-order valence-electron chi connectivity index (χ2n) is 8.43. The minimum atomic E-state index is -0.280. The Labute approximate surface area is 218 Å². The van der Waals surface area contributed by atoms with Crippen LogP contribution in [0.15, 0.2) is 78.9 Å². The van der Waals surface area contributed by atoms with Crippen molar-refractivity contribution >= 4 is 38.8 Å². The first-order valence-corrected chi connectivity index (χ1v) is 12.6. The highest BCUT2D eigenvalue weighted by Crippen LogP contribution is 2.35. The number of ether oxygens (including phenoxy) is 2. The van der Waals surface area contributed by atoms with Crippen LogP contribution in [0.4, 0.5) is 10.1 Å². The number of aryl methyl sites for hydroxylation is 1. The smallest absolute Gasteiger partial charge is 0.163 e. The molecule has 0 bridgehead atoms. The lowest BCUT2D eigenvalue weighted by Crippen LogP contribution is -2.03. The monoisotopic (exact) mass is 518 g/mol. The SMILES string of the molecule is COc1cc(CNc2ccc(-c3nc4ccc(C)cc4s3)cc2)c(Cl)cc1OCc1ccc(F)cc1. The summed E-state index contributed by atoms with van der Waals surface area (Å²) < 4.78 is 25.7. The maximum absolute atomic E-state index is 13.1. The normalized spacial score (nSPS) is 11.0. The molecule has 0 unspecified atom stereocenters. The fraction of sp³-hybridized carbons (Fsp3) is 0.138. The Balaban J connectivity index is 1.25. The zero-order chi connectivity index (χ0) is 25.1. The Morgan fingerprint density at radius 1 is 0.944 bits per heavy atom. The van der Waals surface area contributed by atoms with Crippen LogP contribution in [0.5, 0.6) is 11.5 Å². The third kappa shape index (κ3) is 5.45. The van der Waals surface area contributed by atoms with Crippen molar-refractivity contribution in [3.63, 3.8) is 0 Å². The van der Waals surface area contributed by atoms with E-state index in [1.165, 1.54) is 22.4 Å². The molecule has 4 nitrogen and oxygen atoms in total. The fourth-order valence-electron chi connectivity index (χ4n) is 3.81. The van der Waals surface area contributed by atoms with Gasteiger partial charge >= 0.3 is 0 Å². The van der Waals surface area contributed by atoms with Gasteiger partial charge in [0.15, 0.2) is 11.5 Å². The van der Waals surface area contributed by atoms with Gasteiger partial charge in [-0.2, -0.15) is 0 Å². The van der Waals surface area contributed by atoms with Gasteiger partial charge < -0.3 is 14.8 Å². The summed E-state index contributed by atoms with van der Waals surface area (Å²) in [7, 11) is 1.59. The highest BCUT2D eigenvalue weighted by atomic mass is 35.5. The van der Waals surface area contributed by atoms with E-state index in [0.717, 1.165) is 32.9 Å². The number of rotatable bonds is 8. The van der Waals surface area contributed by atoms with Gasteiger partial charge in [-0.25, -0.2) is 9.37 Å². The maximum atomic E-state index is 13.1. The first-order valence-electron chi connectivity index (χ1n) is 11.4. The van der Waals surface area contributed by atoms with Gasteiger partial charge in [0.05, 0.1) is 17.3 Å². The maximum Gasteiger partial charge on any atom is 0.163 e. The van der Waals surface area contributed by atoms with E-state index in [1.807, 2.05) is 18.2 Å². The molecule has 0 saturated heterocycles. The number of benzene rings is 4. The molecule has 1 heterocycles. The summed E-state index contributed by atoms with van der Waals surface area (Å²) in [5.41, 5.74) is 6.05. The molecule has 36 heavy (non-hydrogen) atoms. The van der Waals surface area contributed by atoms with Gasteiger partial charge in [-0.3, -0.25) is 0 Å². The molecule has 0 aliphatic heterocycles. The number of thiazole rings is 1. The average Bonchev–Trinajstić information content (AvgIpc) is 3.31. The molecule has 7 heteroatoms. The second-order valence-corrected chi connectivity index (χ2v) is 9.87. The highest BCUT2D eigenvalue weighted by Gasteiger charge is 2.12. The van der Waals surface area contributed by atoms with E-state index in [-0.39, 0.29) is 12.4 Å².